The molecule has 0 saturated carbocycles. The summed E-state index contributed by atoms with van der Waals surface area (Å²) in [5.41, 5.74) is -1.77. The van der Waals surface area contributed by atoms with Crippen LogP contribution in [-0.2, 0) is 9.53 Å². The number of hydrogen-bond acceptors (Lipinski definition) is 4. The average Bonchev–Trinajstić information content (AvgIpc) is 2.45. The second kappa shape index (κ2) is 6.31. The molecule has 2 aromatic rings. The van der Waals surface area contributed by atoms with E-state index in [1.165, 1.54) is 25.1 Å². The zero-order valence-electron chi connectivity index (χ0n) is 12.1. The number of hydrogen-bond donors (Lipinski definition) is 2. The quantitative estimate of drug-likeness (QED) is 0.846. The molecular formula is C15H14F3NO4. The van der Waals surface area contributed by atoms with E-state index < -0.39 is 41.4 Å². The molecule has 23 heavy (non-hydrogen) atoms. The van der Waals surface area contributed by atoms with E-state index in [1.807, 2.05) is 0 Å². The number of H-pyrrole nitrogens is 1. The first kappa shape index (κ1) is 16.9. The Morgan fingerprint density at radius 1 is 1.35 bits per heavy atom. The summed E-state index contributed by atoms with van der Waals surface area (Å²) in [7, 11) is 0. The van der Waals surface area contributed by atoms with E-state index in [1.54, 1.807) is 6.07 Å². The third-order valence-electron chi connectivity index (χ3n) is 3.35. The molecule has 0 amide bonds. The van der Waals surface area contributed by atoms with E-state index in [0.717, 1.165) is 0 Å². The highest BCUT2D eigenvalue weighted by Crippen LogP contribution is 2.41. The van der Waals surface area contributed by atoms with Gasteiger partial charge in [-0.25, -0.2) is 0 Å². The minimum atomic E-state index is -4.89. The van der Waals surface area contributed by atoms with E-state index in [-0.39, 0.29) is 17.5 Å². The van der Waals surface area contributed by atoms with Gasteiger partial charge in [0.25, 0.3) is 5.56 Å². The van der Waals surface area contributed by atoms with Crippen molar-refractivity contribution in [3.05, 3.63) is 40.2 Å². The first-order valence-electron chi connectivity index (χ1n) is 6.82. The van der Waals surface area contributed by atoms with Gasteiger partial charge in [-0.05, 0) is 19.1 Å². The fourth-order valence-electron chi connectivity index (χ4n) is 2.33. The Bertz CT molecular complexity index is 782. The molecule has 0 aliphatic carbocycles. The van der Waals surface area contributed by atoms with Crippen LogP contribution in [0.1, 0.15) is 24.8 Å². The highest BCUT2D eigenvalue weighted by molar-refractivity contribution is 5.86. The minimum absolute atomic E-state index is 0.0696. The van der Waals surface area contributed by atoms with Gasteiger partial charge in [0, 0.05) is 5.39 Å². The Balaban J connectivity index is 2.61. The molecule has 0 bridgehead atoms. The van der Waals surface area contributed by atoms with Gasteiger partial charge in [0.2, 0.25) is 0 Å². The van der Waals surface area contributed by atoms with Crippen LogP contribution in [0.25, 0.3) is 10.9 Å². The summed E-state index contributed by atoms with van der Waals surface area (Å²) in [6.45, 7) is 1.38. The maximum atomic E-state index is 13.3. The van der Waals surface area contributed by atoms with Gasteiger partial charge in [0.1, 0.15) is 5.75 Å². The molecule has 1 aromatic carbocycles. The van der Waals surface area contributed by atoms with Crippen molar-refractivity contribution in [3.63, 3.8) is 0 Å². The molecule has 0 aliphatic rings. The molecule has 0 radical (unpaired) electrons. The van der Waals surface area contributed by atoms with Gasteiger partial charge in [0.15, 0.2) is 0 Å². The maximum absolute atomic E-state index is 13.3. The molecule has 2 N–H and O–H groups in total. The predicted molar refractivity (Wildman–Crippen MR) is 76.3 cm³/mol. The van der Waals surface area contributed by atoms with Crippen LogP contribution in [0.4, 0.5) is 13.2 Å². The molecule has 1 aromatic heterocycles. The van der Waals surface area contributed by atoms with Crippen molar-refractivity contribution in [1.82, 2.24) is 4.98 Å². The third-order valence-corrected chi connectivity index (χ3v) is 3.35. The van der Waals surface area contributed by atoms with Crippen molar-refractivity contribution in [2.24, 2.45) is 0 Å². The third kappa shape index (κ3) is 3.46. The molecule has 1 heterocycles. The zero-order chi connectivity index (χ0) is 17.2. The monoisotopic (exact) mass is 329 g/mol. The number of rotatable bonds is 4. The topological polar surface area (TPSA) is 79.4 Å². The molecule has 0 unspecified atom stereocenters. The number of alkyl halides is 3. The van der Waals surface area contributed by atoms with Gasteiger partial charge in [-0.3, -0.25) is 9.59 Å². The number of esters is 1. The SMILES string of the molecule is CCOC(=O)C[C@@H](c1c(O)c2ccccc2[nH]c1=O)C(F)(F)F. The zero-order valence-corrected chi connectivity index (χ0v) is 12.1. The lowest BCUT2D eigenvalue weighted by Crippen LogP contribution is -2.30. The number of aromatic amines is 1. The van der Waals surface area contributed by atoms with Crippen molar-refractivity contribution >= 4 is 16.9 Å². The van der Waals surface area contributed by atoms with Gasteiger partial charge in [-0.15, -0.1) is 0 Å². The van der Waals surface area contributed by atoms with E-state index in [9.17, 15) is 27.9 Å². The molecule has 5 nitrogen and oxygen atoms in total. The molecular weight excluding hydrogens is 315 g/mol. The Morgan fingerprint density at radius 3 is 2.61 bits per heavy atom. The average molecular weight is 329 g/mol. The van der Waals surface area contributed by atoms with Gasteiger partial charge >= 0.3 is 12.1 Å². The lowest BCUT2D eigenvalue weighted by molar-refractivity contribution is -0.166. The summed E-state index contributed by atoms with van der Waals surface area (Å²) in [6.07, 6.45) is -5.97. The summed E-state index contributed by atoms with van der Waals surface area (Å²) in [4.78, 5) is 25.7. The van der Waals surface area contributed by atoms with E-state index in [2.05, 4.69) is 9.72 Å². The summed E-state index contributed by atoms with van der Waals surface area (Å²) in [5, 5.41) is 10.2. The lowest BCUT2D eigenvalue weighted by Gasteiger charge is -2.20. The van der Waals surface area contributed by atoms with Crippen molar-refractivity contribution in [1.29, 1.82) is 0 Å². The molecule has 2 rings (SSSR count). The Morgan fingerprint density at radius 2 is 2.00 bits per heavy atom. The largest absolute Gasteiger partial charge is 0.507 e. The molecule has 0 fully saturated rings. The number of fused-ring (bicyclic) bond motifs is 1. The molecule has 0 spiro atoms. The number of aromatic hydroxyl groups is 1. The number of carbonyl (C=O) groups excluding carboxylic acids is 1. The number of nitrogens with one attached hydrogen (secondary N) is 1. The first-order valence-corrected chi connectivity index (χ1v) is 6.82. The van der Waals surface area contributed by atoms with Crippen molar-refractivity contribution in [3.8, 4) is 5.75 Å². The number of pyridine rings is 1. The summed E-state index contributed by atoms with van der Waals surface area (Å²) in [5.74, 6) is -4.33. The molecule has 8 heteroatoms. The first-order chi connectivity index (χ1) is 10.8. The smallest absolute Gasteiger partial charge is 0.396 e. The highest BCUT2D eigenvalue weighted by atomic mass is 19.4. The number of para-hydroxylation sites is 1. The van der Waals surface area contributed by atoms with Crippen LogP contribution in [0.5, 0.6) is 5.75 Å². The van der Waals surface area contributed by atoms with Crippen LogP contribution < -0.4 is 5.56 Å². The normalized spacial score (nSPS) is 13.0. The number of ether oxygens (including phenoxy) is 1. The Labute approximate surface area is 128 Å². The predicted octanol–water partition coefficient (Wildman–Crippen LogP) is 2.83. The fraction of sp³-hybridized carbons (Fsp3) is 0.333. The van der Waals surface area contributed by atoms with Gasteiger partial charge in [-0.2, -0.15) is 13.2 Å². The Kier molecular flexibility index (Phi) is 4.63. The molecule has 0 aliphatic heterocycles. The van der Waals surface area contributed by atoms with Crippen LogP contribution >= 0.6 is 0 Å². The van der Waals surface area contributed by atoms with E-state index in [0.29, 0.717) is 0 Å². The van der Waals surface area contributed by atoms with Gasteiger partial charge in [-0.1, -0.05) is 12.1 Å². The molecule has 0 saturated heterocycles. The lowest BCUT2D eigenvalue weighted by atomic mass is 9.94. The fourth-order valence-corrected chi connectivity index (χ4v) is 2.33. The van der Waals surface area contributed by atoms with Crippen molar-refractivity contribution < 1.29 is 27.8 Å². The summed E-state index contributed by atoms with van der Waals surface area (Å²) >= 11 is 0. The molecule has 124 valence electrons. The highest BCUT2D eigenvalue weighted by Gasteiger charge is 2.45. The molecule has 1 atom stereocenters. The van der Waals surface area contributed by atoms with Gasteiger partial charge in [0.05, 0.1) is 30.0 Å². The number of halogens is 3. The van der Waals surface area contributed by atoms with Crippen LogP contribution in [0.15, 0.2) is 29.1 Å². The minimum Gasteiger partial charge on any atom is -0.507 e. The number of carbonyl (C=O) groups is 1. The summed E-state index contributed by atoms with van der Waals surface area (Å²) in [6, 6.07) is 5.91. The van der Waals surface area contributed by atoms with Crippen LogP contribution in [0, 0.1) is 0 Å². The van der Waals surface area contributed by atoms with Crippen LogP contribution in [0.3, 0.4) is 0 Å². The number of benzene rings is 1. The van der Waals surface area contributed by atoms with Crippen LogP contribution in [0.2, 0.25) is 0 Å². The summed E-state index contributed by atoms with van der Waals surface area (Å²) < 4.78 is 44.4. The van der Waals surface area contributed by atoms with E-state index >= 15 is 0 Å². The second-order valence-corrected chi connectivity index (χ2v) is 4.87. The van der Waals surface area contributed by atoms with Gasteiger partial charge < -0.3 is 14.8 Å². The second-order valence-electron chi connectivity index (χ2n) is 4.87. The van der Waals surface area contributed by atoms with Crippen molar-refractivity contribution in [2.75, 3.05) is 6.61 Å². The van der Waals surface area contributed by atoms with E-state index in [4.69, 9.17) is 0 Å². The standard InChI is InChI=1S/C15H14F3NO4/c1-2-23-11(20)7-9(15(16,17)18)12-13(21)8-5-3-4-6-10(8)19-14(12)22/h3-6,9H,2,7H2,1H3,(H2,19,21,22)/t9-/m0/s1. The van der Waals surface area contributed by atoms with Crippen LogP contribution in [-0.4, -0.2) is 28.8 Å². The number of aromatic nitrogens is 1. The Hall–Kier alpha value is -2.51. The van der Waals surface area contributed by atoms with Crippen molar-refractivity contribution in [2.45, 2.75) is 25.4 Å². The maximum Gasteiger partial charge on any atom is 0.396 e.